The number of aliphatic hydroxyl groups excluding tert-OH is 1. The molecule has 0 aliphatic carbocycles. The summed E-state index contributed by atoms with van der Waals surface area (Å²) in [4.78, 5) is 0.921. The lowest BCUT2D eigenvalue weighted by molar-refractivity contribution is 0.470. The predicted octanol–water partition coefficient (Wildman–Crippen LogP) is 2.37. The molecule has 1 aromatic carbocycles. The zero-order valence-corrected chi connectivity index (χ0v) is 8.88. The third-order valence-corrected chi connectivity index (χ3v) is 2.79. The van der Waals surface area contributed by atoms with Gasteiger partial charge in [-0.3, -0.25) is 0 Å². The molecule has 2 nitrogen and oxygen atoms in total. The van der Waals surface area contributed by atoms with Crippen molar-refractivity contribution in [3.05, 3.63) is 36.4 Å². The van der Waals surface area contributed by atoms with E-state index in [0.717, 1.165) is 16.7 Å². The Morgan fingerprint density at radius 2 is 2.14 bits per heavy atom. The Labute approximate surface area is 87.6 Å². The van der Waals surface area contributed by atoms with Crippen molar-refractivity contribution in [2.45, 2.75) is 4.90 Å². The fraction of sp³-hybridized carbons (Fsp3) is 0.0909. The first-order chi connectivity index (χ1) is 6.61. The Bertz CT molecular complexity index is 383. The van der Waals surface area contributed by atoms with Gasteiger partial charge in [-0.2, -0.15) is 0 Å². The fourth-order valence-electron chi connectivity index (χ4n) is 1.29. The molecule has 3 heteroatoms. The summed E-state index contributed by atoms with van der Waals surface area (Å²) in [5.74, 6) is 0.0674. The molecular formula is C11H13O2S+. The molecule has 0 amide bonds. The van der Waals surface area contributed by atoms with E-state index in [9.17, 15) is 10.2 Å². The molecule has 0 bridgehead atoms. The first kappa shape index (κ1) is 10.7. The van der Waals surface area contributed by atoms with Gasteiger partial charge in [-0.1, -0.05) is 19.2 Å². The molecule has 0 unspecified atom stereocenters. The van der Waals surface area contributed by atoms with Crippen molar-refractivity contribution in [3.63, 3.8) is 0 Å². The van der Waals surface area contributed by atoms with E-state index < -0.39 is 0 Å². The zero-order chi connectivity index (χ0) is 10.7. The van der Waals surface area contributed by atoms with Gasteiger partial charge in [0.15, 0.2) is 4.90 Å². The first-order valence-electron chi connectivity index (χ1n) is 4.08. The van der Waals surface area contributed by atoms with E-state index >= 15 is 0 Å². The van der Waals surface area contributed by atoms with E-state index in [0.29, 0.717) is 11.1 Å². The molecule has 0 aliphatic heterocycles. The van der Waals surface area contributed by atoms with E-state index in [1.54, 1.807) is 12.1 Å². The number of benzene rings is 1. The summed E-state index contributed by atoms with van der Waals surface area (Å²) in [6, 6.07) is 3.36. The number of thiol groups is 1. The first-order valence-corrected chi connectivity index (χ1v) is 5.42. The van der Waals surface area contributed by atoms with Crippen LogP contribution in [0.1, 0.15) is 11.1 Å². The Morgan fingerprint density at radius 3 is 2.57 bits per heavy atom. The maximum atomic E-state index is 9.53. The van der Waals surface area contributed by atoms with Crippen molar-refractivity contribution in [2.75, 3.05) is 6.26 Å². The second kappa shape index (κ2) is 4.24. The molecule has 0 aliphatic rings. The Kier molecular flexibility index (Phi) is 3.25. The van der Waals surface area contributed by atoms with E-state index in [4.69, 9.17) is 0 Å². The molecular weight excluding hydrogens is 196 g/mol. The predicted molar refractivity (Wildman–Crippen MR) is 62.8 cm³/mol. The molecule has 0 saturated heterocycles. The van der Waals surface area contributed by atoms with Gasteiger partial charge in [0.25, 0.3) is 0 Å². The summed E-state index contributed by atoms with van der Waals surface area (Å²) in [5.41, 5.74) is 1.11. The molecule has 74 valence electrons. The lowest BCUT2D eigenvalue weighted by atomic mass is 10.1. The number of hydrogen-bond acceptors (Lipinski definition) is 2. The van der Waals surface area contributed by atoms with Crippen LogP contribution >= 0.6 is 0 Å². The van der Waals surface area contributed by atoms with E-state index in [1.165, 1.54) is 6.08 Å². The fourth-order valence-corrected chi connectivity index (χ4v) is 1.99. The highest BCUT2D eigenvalue weighted by Gasteiger charge is 2.16. The average molecular weight is 209 g/mol. The van der Waals surface area contributed by atoms with Gasteiger partial charge in [0.05, 0.1) is 5.56 Å². The van der Waals surface area contributed by atoms with E-state index in [1.807, 2.05) is 6.26 Å². The van der Waals surface area contributed by atoms with Gasteiger partial charge in [0.1, 0.15) is 17.8 Å². The van der Waals surface area contributed by atoms with E-state index in [-0.39, 0.29) is 11.5 Å². The van der Waals surface area contributed by atoms with Gasteiger partial charge in [0, 0.05) is 17.3 Å². The molecule has 0 aromatic heterocycles. The lowest BCUT2D eigenvalue weighted by Crippen LogP contribution is -1.94. The van der Waals surface area contributed by atoms with Crippen LogP contribution in [0.4, 0.5) is 0 Å². The lowest BCUT2D eigenvalue weighted by Gasteiger charge is -2.07. The topological polar surface area (TPSA) is 40.5 Å². The van der Waals surface area contributed by atoms with Gasteiger partial charge >= 0.3 is 0 Å². The summed E-state index contributed by atoms with van der Waals surface area (Å²) in [6.07, 6.45) is 3.46. The summed E-state index contributed by atoms with van der Waals surface area (Å²) in [6.45, 7) is 7.07. The highest BCUT2D eigenvalue weighted by Crippen LogP contribution is 2.30. The van der Waals surface area contributed by atoms with Crippen LogP contribution < -0.4 is 0 Å². The van der Waals surface area contributed by atoms with Crippen LogP contribution in [0.15, 0.2) is 30.2 Å². The number of aromatic hydroxyl groups is 1. The number of phenolic OH excluding ortho intramolecular Hbond substituents is 1. The molecule has 0 heterocycles. The quantitative estimate of drug-likeness (QED) is 0.456. The summed E-state index contributed by atoms with van der Waals surface area (Å²) >= 11 is 1.01. The van der Waals surface area contributed by atoms with Crippen LogP contribution in [0.3, 0.4) is 0 Å². The molecule has 0 saturated carbocycles. The van der Waals surface area contributed by atoms with Crippen LogP contribution in [-0.2, 0) is 11.8 Å². The molecule has 0 fully saturated rings. The van der Waals surface area contributed by atoms with Crippen molar-refractivity contribution in [1.82, 2.24) is 0 Å². The summed E-state index contributed by atoms with van der Waals surface area (Å²) in [5, 5.41) is 18.9. The highest BCUT2D eigenvalue weighted by atomic mass is 32.2. The van der Waals surface area contributed by atoms with Gasteiger partial charge < -0.3 is 10.2 Å². The maximum Gasteiger partial charge on any atom is 0.164 e. The van der Waals surface area contributed by atoms with Crippen LogP contribution in [0.2, 0.25) is 0 Å². The van der Waals surface area contributed by atoms with Crippen LogP contribution in [0.5, 0.6) is 5.75 Å². The Morgan fingerprint density at radius 1 is 1.50 bits per heavy atom. The molecule has 14 heavy (non-hydrogen) atoms. The van der Waals surface area contributed by atoms with Crippen molar-refractivity contribution in [1.29, 1.82) is 0 Å². The van der Waals surface area contributed by atoms with Gasteiger partial charge in [0.2, 0.25) is 0 Å². The van der Waals surface area contributed by atoms with Gasteiger partial charge in [-0.05, 0) is 12.1 Å². The minimum absolute atomic E-state index is 0.0415. The number of aliphatic hydroxyl groups is 1. The van der Waals surface area contributed by atoms with Crippen LogP contribution in [-0.4, -0.2) is 16.5 Å². The van der Waals surface area contributed by atoms with E-state index in [2.05, 4.69) is 13.2 Å². The SMILES string of the molecule is C=Cc1c(O)ccc([SH+]C)c1C(=C)O. The van der Waals surface area contributed by atoms with Crippen LogP contribution in [0, 0.1) is 0 Å². The second-order valence-corrected chi connectivity index (χ2v) is 3.70. The molecule has 1 aromatic rings. The van der Waals surface area contributed by atoms with Gasteiger partial charge in [-0.25, -0.2) is 0 Å². The van der Waals surface area contributed by atoms with Crippen LogP contribution in [0.25, 0.3) is 11.8 Å². The number of phenols is 1. The molecule has 0 atom stereocenters. The highest BCUT2D eigenvalue weighted by molar-refractivity contribution is 7.77. The van der Waals surface area contributed by atoms with Crippen molar-refractivity contribution < 1.29 is 10.2 Å². The monoisotopic (exact) mass is 209 g/mol. The largest absolute Gasteiger partial charge is 0.508 e. The van der Waals surface area contributed by atoms with Crippen molar-refractivity contribution in [3.8, 4) is 5.75 Å². The molecule has 0 radical (unpaired) electrons. The smallest absolute Gasteiger partial charge is 0.164 e. The maximum absolute atomic E-state index is 9.53. The molecule has 2 N–H and O–H groups in total. The minimum atomic E-state index is -0.0415. The van der Waals surface area contributed by atoms with Crippen molar-refractivity contribution in [2.24, 2.45) is 0 Å². The standard InChI is InChI=1S/C11H12O2S/c1-4-8-9(13)5-6-10(14-3)11(8)7(2)12/h4-6,12-13H,1-2H2,3H3/p+1. The van der Waals surface area contributed by atoms with Crippen molar-refractivity contribution >= 4 is 23.6 Å². The number of hydrogen-bond donors (Lipinski definition) is 2. The third-order valence-electron chi connectivity index (χ3n) is 1.93. The number of rotatable bonds is 3. The second-order valence-electron chi connectivity index (χ2n) is 2.77. The molecule has 0 spiro atoms. The third kappa shape index (κ3) is 1.77. The normalized spacial score (nSPS) is 9.79. The Balaban J connectivity index is 3.51. The average Bonchev–Trinajstić information content (AvgIpc) is 2.17. The molecule has 1 rings (SSSR count). The Hall–Kier alpha value is -1.35. The van der Waals surface area contributed by atoms with Gasteiger partial charge in [-0.15, -0.1) is 0 Å². The zero-order valence-electron chi connectivity index (χ0n) is 7.99. The minimum Gasteiger partial charge on any atom is -0.508 e. The summed E-state index contributed by atoms with van der Waals surface area (Å²) in [7, 11) is 0. The summed E-state index contributed by atoms with van der Waals surface area (Å²) < 4.78 is 0.